The minimum atomic E-state index is -4.19. The summed E-state index contributed by atoms with van der Waals surface area (Å²) in [6.07, 6.45) is 0.245. The van der Waals surface area contributed by atoms with Crippen molar-refractivity contribution in [2.45, 2.75) is 30.8 Å². The van der Waals surface area contributed by atoms with E-state index in [1.165, 1.54) is 36.2 Å². The van der Waals surface area contributed by atoms with Gasteiger partial charge in [-0.2, -0.15) is 0 Å². The van der Waals surface area contributed by atoms with Crippen molar-refractivity contribution in [3.8, 4) is 0 Å². The van der Waals surface area contributed by atoms with Gasteiger partial charge in [-0.25, -0.2) is 8.42 Å². The van der Waals surface area contributed by atoms with E-state index in [9.17, 15) is 18.0 Å². The maximum atomic E-state index is 14.3. The van der Waals surface area contributed by atoms with Crippen LogP contribution in [-0.4, -0.2) is 44.8 Å². The summed E-state index contributed by atoms with van der Waals surface area (Å²) in [7, 11) is -2.67. The van der Waals surface area contributed by atoms with Gasteiger partial charge in [-0.3, -0.25) is 13.9 Å². The lowest BCUT2D eigenvalue weighted by molar-refractivity contribution is -0.139. The Labute approximate surface area is 260 Å². The number of hydrogen-bond acceptors (Lipinski definition) is 4. The number of benzene rings is 4. The number of carbonyl (C=O) groups excluding carboxylic acids is 2. The van der Waals surface area contributed by atoms with Crippen LogP contribution in [0.2, 0.25) is 5.02 Å². The molecular formula is C32H31BrClN3O4S. The first-order valence-corrected chi connectivity index (χ1v) is 15.8. The van der Waals surface area contributed by atoms with Crippen molar-refractivity contribution in [1.29, 1.82) is 0 Å². The zero-order chi connectivity index (χ0) is 30.3. The van der Waals surface area contributed by atoms with Gasteiger partial charge in [0.25, 0.3) is 10.0 Å². The highest BCUT2D eigenvalue weighted by atomic mass is 79.9. The molecule has 7 nitrogen and oxygen atoms in total. The lowest BCUT2D eigenvalue weighted by atomic mass is 10.0. The Kier molecular flexibility index (Phi) is 10.4. The quantitative estimate of drug-likeness (QED) is 0.213. The molecule has 2 amide bonds. The molecule has 218 valence electrons. The molecule has 0 aliphatic heterocycles. The fourth-order valence-electron chi connectivity index (χ4n) is 4.64. The summed E-state index contributed by atoms with van der Waals surface area (Å²) in [5, 5.41) is 3.08. The molecule has 4 aromatic rings. The number of aryl methyl sites for hydroxylation is 1. The fraction of sp³-hybridized carbons (Fsp3) is 0.188. The van der Waals surface area contributed by atoms with Crippen LogP contribution < -0.4 is 9.62 Å². The van der Waals surface area contributed by atoms with Crippen LogP contribution in [0.1, 0.15) is 16.7 Å². The molecule has 0 radical (unpaired) electrons. The van der Waals surface area contributed by atoms with Crippen LogP contribution in [0, 0.1) is 6.92 Å². The number of nitrogens with one attached hydrogen (secondary N) is 1. The van der Waals surface area contributed by atoms with E-state index in [1.807, 2.05) is 54.6 Å². The monoisotopic (exact) mass is 667 g/mol. The van der Waals surface area contributed by atoms with Crippen LogP contribution in [0.3, 0.4) is 0 Å². The van der Waals surface area contributed by atoms with Crippen molar-refractivity contribution >= 4 is 55.1 Å². The predicted octanol–water partition coefficient (Wildman–Crippen LogP) is 5.99. The molecule has 0 aliphatic carbocycles. The van der Waals surface area contributed by atoms with Crippen molar-refractivity contribution in [2.24, 2.45) is 0 Å². The zero-order valence-corrected chi connectivity index (χ0v) is 26.4. The Hall–Kier alpha value is -3.66. The third kappa shape index (κ3) is 7.59. The minimum Gasteiger partial charge on any atom is -0.357 e. The van der Waals surface area contributed by atoms with Crippen molar-refractivity contribution in [3.05, 3.63) is 129 Å². The van der Waals surface area contributed by atoms with Crippen LogP contribution >= 0.6 is 27.5 Å². The maximum Gasteiger partial charge on any atom is 0.264 e. The molecule has 0 fully saturated rings. The van der Waals surface area contributed by atoms with E-state index < -0.39 is 28.5 Å². The number of hydrogen-bond donors (Lipinski definition) is 1. The lowest BCUT2D eigenvalue weighted by Crippen LogP contribution is -2.53. The largest absolute Gasteiger partial charge is 0.357 e. The molecule has 0 aromatic heterocycles. The first kappa shape index (κ1) is 31.3. The molecule has 42 heavy (non-hydrogen) atoms. The van der Waals surface area contributed by atoms with Gasteiger partial charge in [-0.15, -0.1) is 0 Å². The van der Waals surface area contributed by atoms with Gasteiger partial charge in [0.05, 0.1) is 10.6 Å². The molecule has 0 saturated carbocycles. The normalized spacial score (nSPS) is 11.9. The Balaban J connectivity index is 1.80. The third-order valence-corrected chi connectivity index (χ3v) is 9.34. The van der Waals surface area contributed by atoms with Crippen LogP contribution in [-0.2, 0) is 32.6 Å². The second kappa shape index (κ2) is 14.0. The number of amides is 2. The Morgan fingerprint density at radius 2 is 1.52 bits per heavy atom. The van der Waals surface area contributed by atoms with Crippen molar-refractivity contribution < 1.29 is 18.0 Å². The molecular weight excluding hydrogens is 638 g/mol. The van der Waals surface area contributed by atoms with E-state index in [1.54, 1.807) is 31.2 Å². The highest BCUT2D eigenvalue weighted by Crippen LogP contribution is 2.28. The van der Waals surface area contributed by atoms with E-state index in [0.717, 1.165) is 19.9 Å². The molecule has 0 saturated heterocycles. The van der Waals surface area contributed by atoms with Gasteiger partial charge in [0.1, 0.15) is 12.6 Å². The highest BCUT2D eigenvalue weighted by molar-refractivity contribution is 9.10. The Morgan fingerprint density at radius 1 is 0.881 bits per heavy atom. The SMILES string of the molecule is CNC(=O)C(Cc1ccccc1)N(Cc1cccc(Br)c1)C(=O)CN(c1ccccc1C)S(=O)(=O)c1ccc(Cl)cc1. The summed E-state index contributed by atoms with van der Waals surface area (Å²) in [6, 6.07) is 28.7. The van der Waals surface area contributed by atoms with Gasteiger partial charge in [-0.1, -0.05) is 88.2 Å². The number of nitrogens with zero attached hydrogens (tertiary/aromatic N) is 2. The molecule has 0 bridgehead atoms. The highest BCUT2D eigenvalue weighted by Gasteiger charge is 2.34. The maximum absolute atomic E-state index is 14.3. The molecule has 0 heterocycles. The van der Waals surface area contributed by atoms with E-state index in [4.69, 9.17) is 11.6 Å². The predicted molar refractivity (Wildman–Crippen MR) is 170 cm³/mol. The van der Waals surface area contributed by atoms with Crippen molar-refractivity contribution in [3.63, 3.8) is 0 Å². The Bertz CT molecular complexity index is 1650. The topological polar surface area (TPSA) is 86.8 Å². The smallest absolute Gasteiger partial charge is 0.264 e. The molecule has 1 unspecified atom stereocenters. The summed E-state index contributed by atoms with van der Waals surface area (Å²) in [5.74, 6) is -0.884. The van der Waals surface area contributed by atoms with Gasteiger partial charge >= 0.3 is 0 Å². The summed E-state index contributed by atoms with van der Waals surface area (Å²) in [6.45, 7) is 1.35. The average molecular weight is 669 g/mol. The van der Waals surface area contributed by atoms with E-state index in [-0.39, 0.29) is 23.8 Å². The van der Waals surface area contributed by atoms with Gasteiger partial charge < -0.3 is 10.2 Å². The Morgan fingerprint density at radius 3 is 2.17 bits per heavy atom. The molecule has 1 N–H and O–H groups in total. The number of likely N-dealkylation sites (N-methyl/N-ethyl adjacent to an activating group) is 1. The number of anilines is 1. The van der Waals surface area contributed by atoms with Crippen molar-refractivity contribution in [2.75, 3.05) is 17.9 Å². The average Bonchev–Trinajstić information content (AvgIpc) is 2.98. The van der Waals surface area contributed by atoms with Crippen molar-refractivity contribution in [1.82, 2.24) is 10.2 Å². The number of para-hydroxylation sites is 1. The van der Waals surface area contributed by atoms with E-state index >= 15 is 0 Å². The molecule has 0 aliphatic rings. The molecule has 4 aromatic carbocycles. The van der Waals surface area contributed by atoms with Crippen LogP contribution in [0.5, 0.6) is 0 Å². The number of halogens is 2. The zero-order valence-electron chi connectivity index (χ0n) is 23.2. The molecule has 0 spiro atoms. The summed E-state index contributed by atoms with van der Waals surface area (Å²) in [4.78, 5) is 29.1. The summed E-state index contributed by atoms with van der Waals surface area (Å²) < 4.78 is 30.0. The first-order chi connectivity index (χ1) is 20.1. The number of rotatable bonds is 11. The van der Waals surface area contributed by atoms with Crippen LogP contribution in [0.25, 0.3) is 0 Å². The lowest BCUT2D eigenvalue weighted by Gasteiger charge is -2.34. The van der Waals surface area contributed by atoms with Crippen LogP contribution in [0.15, 0.2) is 112 Å². The first-order valence-electron chi connectivity index (χ1n) is 13.2. The number of sulfonamides is 1. The molecule has 1 atom stereocenters. The second-order valence-corrected chi connectivity index (χ2v) is 12.9. The number of carbonyl (C=O) groups is 2. The van der Waals surface area contributed by atoms with E-state index in [0.29, 0.717) is 16.3 Å². The van der Waals surface area contributed by atoms with Gasteiger partial charge in [0.15, 0.2) is 0 Å². The second-order valence-electron chi connectivity index (χ2n) is 9.72. The summed E-state index contributed by atoms with van der Waals surface area (Å²) in [5.41, 5.74) is 2.68. The van der Waals surface area contributed by atoms with Crippen LogP contribution in [0.4, 0.5) is 5.69 Å². The molecule has 4 rings (SSSR count). The minimum absolute atomic E-state index is 0.00590. The fourth-order valence-corrected chi connectivity index (χ4v) is 6.69. The van der Waals surface area contributed by atoms with E-state index in [2.05, 4.69) is 21.2 Å². The summed E-state index contributed by atoms with van der Waals surface area (Å²) >= 11 is 9.51. The van der Waals surface area contributed by atoms with Gasteiger partial charge in [-0.05, 0) is 66.1 Å². The van der Waals surface area contributed by atoms with Gasteiger partial charge in [0.2, 0.25) is 11.8 Å². The molecule has 10 heteroatoms. The standard InChI is InChI=1S/C32H31BrClN3O4S/c1-23-9-6-7-14-29(23)37(42(40,41)28-17-15-27(34)16-18-28)22-31(38)36(21-25-12-8-13-26(33)19-25)30(32(39)35-2)20-24-10-4-3-5-11-24/h3-19,30H,20-22H2,1-2H3,(H,35,39). The van der Waals surface area contributed by atoms with Gasteiger partial charge in [0, 0.05) is 29.5 Å². The third-order valence-electron chi connectivity index (χ3n) is 6.82.